The topological polar surface area (TPSA) is 95.2 Å². The summed E-state index contributed by atoms with van der Waals surface area (Å²) in [6.45, 7) is 2.04. The van der Waals surface area contributed by atoms with Crippen LogP contribution in [0.2, 0.25) is 0 Å². The van der Waals surface area contributed by atoms with Crippen LogP contribution in [0.4, 0.5) is 5.69 Å². The first-order valence-corrected chi connectivity index (χ1v) is 8.73. The predicted molar refractivity (Wildman–Crippen MR) is 102 cm³/mol. The number of aromatic nitrogens is 2. The van der Waals surface area contributed by atoms with E-state index < -0.39 is 6.04 Å². The lowest BCUT2D eigenvalue weighted by molar-refractivity contribution is -0.121. The highest BCUT2D eigenvalue weighted by Crippen LogP contribution is 2.38. The number of aromatic amines is 1. The molecule has 1 aromatic heterocycles. The second kappa shape index (κ2) is 6.68. The van der Waals surface area contributed by atoms with Gasteiger partial charge in [0.2, 0.25) is 5.91 Å². The molecule has 0 fully saturated rings. The lowest BCUT2D eigenvalue weighted by atomic mass is 10.1. The molecule has 136 valence electrons. The summed E-state index contributed by atoms with van der Waals surface area (Å²) in [7, 11) is 0. The Balaban J connectivity index is 1.49. The molecule has 2 amide bonds. The van der Waals surface area contributed by atoms with Crippen LogP contribution in [-0.4, -0.2) is 34.4 Å². The van der Waals surface area contributed by atoms with E-state index in [-0.39, 0.29) is 17.4 Å². The lowest BCUT2D eigenvalue weighted by Crippen LogP contribution is -2.47. The Labute approximate surface area is 155 Å². The van der Waals surface area contributed by atoms with Crippen LogP contribution in [0.5, 0.6) is 0 Å². The van der Waals surface area contributed by atoms with Crippen molar-refractivity contribution in [2.24, 2.45) is 0 Å². The zero-order valence-corrected chi connectivity index (χ0v) is 14.7. The van der Waals surface area contributed by atoms with Gasteiger partial charge in [0.15, 0.2) is 0 Å². The Morgan fingerprint density at radius 2 is 2.00 bits per heavy atom. The first-order valence-electron chi connectivity index (χ1n) is 8.73. The minimum Gasteiger partial charge on any atom is -0.354 e. The number of nitrogens with one attached hydrogen (secondary N) is 2. The van der Waals surface area contributed by atoms with Crippen molar-refractivity contribution in [3.05, 3.63) is 70.4 Å². The molecule has 2 N–H and O–H groups in total. The van der Waals surface area contributed by atoms with Gasteiger partial charge in [-0.05, 0) is 24.4 Å². The molecule has 1 aliphatic rings. The SMILES string of the molecule is CC(C(=O)NCCc1cc(=O)[nH]cn1)N1C(=O)c2cccc3cccc1c23. The van der Waals surface area contributed by atoms with E-state index in [9.17, 15) is 14.4 Å². The van der Waals surface area contributed by atoms with E-state index in [4.69, 9.17) is 0 Å². The van der Waals surface area contributed by atoms with E-state index in [1.54, 1.807) is 17.9 Å². The van der Waals surface area contributed by atoms with Crippen molar-refractivity contribution in [1.82, 2.24) is 15.3 Å². The first kappa shape index (κ1) is 17.0. The summed E-state index contributed by atoms with van der Waals surface area (Å²) in [4.78, 5) is 44.8. The molecular formula is C20H18N4O3. The molecule has 27 heavy (non-hydrogen) atoms. The number of nitrogens with zero attached hydrogens (tertiary/aromatic N) is 2. The number of carbonyl (C=O) groups excluding carboxylic acids is 2. The van der Waals surface area contributed by atoms with Crippen LogP contribution < -0.4 is 15.8 Å². The third-order valence-corrected chi connectivity index (χ3v) is 4.77. The third-order valence-electron chi connectivity index (χ3n) is 4.77. The maximum atomic E-state index is 12.9. The van der Waals surface area contributed by atoms with Gasteiger partial charge >= 0.3 is 0 Å². The fraction of sp³-hybridized carbons (Fsp3) is 0.200. The van der Waals surface area contributed by atoms with Crippen LogP contribution in [0.3, 0.4) is 0 Å². The van der Waals surface area contributed by atoms with Crippen LogP contribution in [-0.2, 0) is 11.2 Å². The molecule has 0 saturated heterocycles. The van der Waals surface area contributed by atoms with Crippen molar-refractivity contribution in [3.63, 3.8) is 0 Å². The molecule has 0 radical (unpaired) electrons. The van der Waals surface area contributed by atoms with E-state index in [1.807, 2.05) is 30.3 Å². The second-order valence-corrected chi connectivity index (χ2v) is 6.48. The molecule has 2 heterocycles. The number of anilines is 1. The monoisotopic (exact) mass is 362 g/mol. The highest BCUT2D eigenvalue weighted by molar-refractivity contribution is 6.26. The lowest BCUT2D eigenvalue weighted by Gasteiger charge is -2.24. The highest BCUT2D eigenvalue weighted by atomic mass is 16.2. The Hall–Kier alpha value is -3.48. The smallest absolute Gasteiger partial charge is 0.259 e. The maximum Gasteiger partial charge on any atom is 0.259 e. The van der Waals surface area contributed by atoms with Gasteiger partial charge in [0.1, 0.15) is 6.04 Å². The first-order chi connectivity index (χ1) is 13.1. The minimum atomic E-state index is -0.650. The zero-order valence-electron chi connectivity index (χ0n) is 14.7. The fourth-order valence-electron chi connectivity index (χ4n) is 3.45. The average Bonchev–Trinajstić information content (AvgIpc) is 2.95. The van der Waals surface area contributed by atoms with Crippen molar-refractivity contribution in [1.29, 1.82) is 0 Å². The molecular weight excluding hydrogens is 344 g/mol. The van der Waals surface area contributed by atoms with E-state index in [1.165, 1.54) is 12.4 Å². The minimum absolute atomic E-state index is 0.166. The molecule has 0 saturated carbocycles. The van der Waals surface area contributed by atoms with Crippen LogP contribution in [0.25, 0.3) is 10.8 Å². The maximum absolute atomic E-state index is 12.9. The largest absolute Gasteiger partial charge is 0.354 e. The van der Waals surface area contributed by atoms with E-state index in [2.05, 4.69) is 15.3 Å². The Morgan fingerprint density at radius 3 is 2.78 bits per heavy atom. The standard InChI is InChI=1S/C20H18N4O3/c1-12(19(26)21-9-8-14-10-17(25)23-11-22-14)24-16-7-3-5-13-4-2-6-15(18(13)16)20(24)27/h2-7,10-12H,8-9H2,1H3,(H,21,26)(H,22,23,25). The molecule has 1 unspecified atom stereocenters. The van der Waals surface area contributed by atoms with Crippen LogP contribution in [0, 0.1) is 0 Å². The number of H-pyrrole nitrogens is 1. The molecule has 1 aliphatic heterocycles. The molecule has 7 nitrogen and oxygen atoms in total. The van der Waals surface area contributed by atoms with E-state index in [0.29, 0.717) is 24.2 Å². The number of amides is 2. The van der Waals surface area contributed by atoms with Gasteiger partial charge in [-0.15, -0.1) is 0 Å². The third kappa shape index (κ3) is 2.97. The number of benzene rings is 2. The fourth-order valence-corrected chi connectivity index (χ4v) is 3.45. The normalized spacial score (nSPS) is 13.8. The summed E-state index contributed by atoms with van der Waals surface area (Å²) in [5, 5.41) is 4.69. The second-order valence-electron chi connectivity index (χ2n) is 6.48. The van der Waals surface area contributed by atoms with Crippen molar-refractivity contribution < 1.29 is 9.59 Å². The van der Waals surface area contributed by atoms with Crippen molar-refractivity contribution in [2.45, 2.75) is 19.4 Å². The summed E-state index contributed by atoms with van der Waals surface area (Å²) in [5.41, 5.74) is 1.75. The highest BCUT2D eigenvalue weighted by Gasteiger charge is 2.35. The molecule has 4 rings (SSSR count). The molecule has 3 aromatic rings. The van der Waals surface area contributed by atoms with E-state index in [0.717, 1.165) is 16.5 Å². The van der Waals surface area contributed by atoms with Gasteiger partial charge in [-0.25, -0.2) is 4.98 Å². The predicted octanol–water partition coefficient (Wildman–Crippen LogP) is 1.63. The average molecular weight is 362 g/mol. The van der Waals surface area contributed by atoms with Crippen LogP contribution in [0.15, 0.2) is 53.6 Å². The summed E-state index contributed by atoms with van der Waals surface area (Å²) < 4.78 is 0. The van der Waals surface area contributed by atoms with E-state index >= 15 is 0 Å². The molecule has 0 spiro atoms. The number of rotatable bonds is 5. The molecule has 7 heteroatoms. The summed E-state index contributed by atoms with van der Waals surface area (Å²) in [6, 6.07) is 12.0. The zero-order chi connectivity index (χ0) is 19.0. The van der Waals surface area contributed by atoms with Crippen molar-refractivity contribution in [3.8, 4) is 0 Å². The molecule has 1 atom stereocenters. The van der Waals surface area contributed by atoms with Crippen LogP contribution >= 0.6 is 0 Å². The molecule has 0 bridgehead atoms. The summed E-state index contributed by atoms with van der Waals surface area (Å²) in [6.07, 6.45) is 1.77. The quantitative estimate of drug-likeness (QED) is 0.721. The number of carbonyl (C=O) groups is 2. The van der Waals surface area contributed by atoms with Gasteiger partial charge in [-0.1, -0.05) is 24.3 Å². The van der Waals surface area contributed by atoms with Crippen LogP contribution in [0.1, 0.15) is 23.0 Å². The summed E-state index contributed by atoms with van der Waals surface area (Å²) in [5.74, 6) is -0.418. The van der Waals surface area contributed by atoms with Gasteiger partial charge in [-0.2, -0.15) is 0 Å². The van der Waals surface area contributed by atoms with Gasteiger partial charge in [0.05, 0.1) is 12.0 Å². The van der Waals surface area contributed by atoms with Gasteiger partial charge < -0.3 is 10.3 Å². The van der Waals surface area contributed by atoms with Gasteiger partial charge in [0, 0.05) is 35.7 Å². The molecule has 2 aromatic carbocycles. The number of hydrogen-bond acceptors (Lipinski definition) is 4. The van der Waals surface area contributed by atoms with Gasteiger partial charge in [-0.3, -0.25) is 19.3 Å². The Kier molecular flexibility index (Phi) is 4.19. The van der Waals surface area contributed by atoms with Gasteiger partial charge in [0.25, 0.3) is 11.5 Å². The molecule has 0 aliphatic carbocycles. The number of hydrogen-bond donors (Lipinski definition) is 2. The summed E-state index contributed by atoms with van der Waals surface area (Å²) >= 11 is 0. The Morgan fingerprint density at radius 1 is 1.22 bits per heavy atom. The van der Waals surface area contributed by atoms with Crippen molar-refractivity contribution in [2.75, 3.05) is 11.4 Å². The van der Waals surface area contributed by atoms with Crippen molar-refractivity contribution >= 4 is 28.3 Å². The Bertz CT molecular complexity index is 1100.